The minimum atomic E-state index is -2.46. The molecule has 1 N–H and O–H groups in total. The van der Waals surface area contributed by atoms with Crippen LogP contribution in [-0.4, -0.2) is 26.7 Å². The average molecular weight is 319 g/mol. The van der Waals surface area contributed by atoms with Gasteiger partial charge in [-0.25, -0.2) is 13.8 Å². The number of hydrogen-bond acceptors (Lipinski definition) is 5. The van der Waals surface area contributed by atoms with E-state index in [1.165, 1.54) is 18.5 Å². The topological polar surface area (TPSA) is 64.3 Å². The van der Waals surface area contributed by atoms with Crippen molar-refractivity contribution in [2.75, 3.05) is 12.4 Å². The zero-order chi connectivity index (χ0) is 16.2. The predicted molar refractivity (Wildman–Crippen MR) is 80.2 cm³/mol. The summed E-state index contributed by atoms with van der Waals surface area (Å²) in [5.74, 6) is 1.17. The van der Waals surface area contributed by atoms with E-state index < -0.39 is 6.43 Å². The van der Waals surface area contributed by atoms with E-state index >= 15 is 0 Å². The molecule has 8 heteroatoms. The Kier molecular flexibility index (Phi) is 4.42. The van der Waals surface area contributed by atoms with Gasteiger partial charge in [-0.15, -0.1) is 0 Å². The van der Waals surface area contributed by atoms with Crippen LogP contribution < -0.4 is 5.32 Å². The summed E-state index contributed by atoms with van der Waals surface area (Å²) in [4.78, 5) is 8.38. The molecule has 120 valence electrons. The molecular formula is C15H15F2N5O. The highest BCUT2D eigenvalue weighted by Gasteiger charge is 2.09. The van der Waals surface area contributed by atoms with Crippen molar-refractivity contribution in [3.8, 4) is 0 Å². The molecule has 0 radical (unpaired) electrons. The number of nitrogens with zero attached hydrogens (tertiary/aromatic N) is 4. The number of rotatable bonds is 6. The fraction of sp³-hybridized carbons (Fsp3) is 0.267. The van der Waals surface area contributed by atoms with Crippen molar-refractivity contribution in [3.05, 3.63) is 53.5 Å². The van der Waals surface area contributed by atoms with Crippen LogP contribution in [0.3, 0.4) is 0 Å². The highest BCUT2D eigenvalue weighted by molar-refractivity contribution is 5.45. The van der Waals surface area contributed by atoms with E-state index in [-0.39, 0.29) is 5.56 Å². The Labute approximate surface area is 131 Å². The van der Waals surface area contributed by atoms with Gasteiger partial charge in [-0.3, -0.25) is 0 Å². The molecule has 0 aliphatic rings. The summed E-state index contributed by atoms with van der Waals surface area (Å²) in [7, 11) is 1.59. The SMILES string of the molecule is COCc1cc(NCc2ccc(C(F)F)cc2)n2ncnc2n1. The molecule has 6 nitrogen and oxygen atoms in total. The number of hydrogen-bond donors (Lipinski definition) is 1. The summed E-state index contributed by atoms with van der Waals surface area (Å²) in [6, 6.07) is 8.01. The Bertz CT molecular complexity index is 788. The lowest BCUT2D eigenvalue weighted by Crippen LogP contribution is -2.08. The highest BCUT2D eigenvalue weighted by atomic mass is 19.3. The van der Waals surface area contributed by atoms with Crippen molar-refractivity contribution in [1.82, 2.24) is 19.6 Å². The van der Waals surface area contributed by atoms with Crippen molar-refractivity contribution in [2.45, 2.75) is 19.6 Å². The fourth-order valence-corrected chi connectivity index (χ4v) is 2.18. The molecule has 0 aliphatic carbocycles. The van der Waals surface area contributed by atoms with Gasteiger partial charge in [0.25, 0.3) is 12.2 Å². The number of halogens is 2. The molecule has 0 saturated heterocycles. The second kappa shape index (κ2) is 6.66. The Balaban J connectivity index is 1.79. The summed E-state index contributed by atoms with van der Waals surface area (Å²) in [6.45, 7) is 0.829. The van der Waals surface area contributed by atoms with Gasteiger partial charge in [-0.05, 0) is 5.56 Å². The van der Waals surface area contributed by atoms with E-state index in [1.807, 2.05) is 6.07 Å². The second-order valence-corrected chi connectivity index (χ2v) is 4.93. The van der Waals surface area contributed by atoms with Gasteiger partial charge in [0.2, 0.25) is 0 Å². The van der Waals surface area contributed by atoms with Crippen LogP contribution in [0.2, 0.25) is 0 Å². The number of fused-ring (bicyclic) bond motifs is 1. The molecule has 0 saturated carbocycles. The molecule has 0 amide bonds. The van der Waals surface area contributed by atoms with Crippen LogP contribution in [0.25, 0.3) is 5.78 Å². The summed E-state index contributed by atoms with van der Waals surface area (Å²) in [5, 5.41) is 7.33. The third-order valence-electron chi connectivity index (χ3n) is 3.30. The zero-order valence-electron chi connectivity index (χ0n) is 12.4. The van der Waals surface area contributed by atoms with Gasteiger partial charge < -0.3 is 10.1 Å². The molecule has 3 aromatic rings. The molecule has 0 spiro atoms. The second-order valence-electron chi connectivity index (χ2n) is 4.93. The van der Waals surface area contributed by atoms with Crippen molar-refractivity contribution in [1.29, 1.82) is 0 Å². The summed E-state index contributed by atoms with van der Waals surface area (Å²) in [6.07, 6.45) is -1.04. The maximum absolute atomic E-state index is 12.6. The maximum atomic E-state index is 12.6. The van der Waals surface area contributed by atoms with E-state index in [4.69, 9.17) is 4.74 Å². The molecular weight excluding hydrogens is 304 g/mol. The van der Waals surface area contributed by atoms with Crippen LogP contribution in [0, 0.1) is 0 Å². The van der Waals surface area contributed by atoms with Gasteiger partial charge in [-0.2, -0.15) is 14.6 Å². The van der Waals surface area contributed by atoms with Crippen LogP contribution in [0.4, 0.5) is 14.6 Å². The first-order chi connectivity index (χ1) is 11.2. The van der Waals surface area contributed by atoms with Gasteiger partial charge >= 0.3 is 0 Å². The van der Waals surface area contributed by atoms with Crippen LogP contribution in [0.15, 0.2) is 36.7 Å². The standard InChI is InChI=1S/C15H15F2N5O/c1-23-8-12-6-13(22-15(21-12)19-9-20-22)18-7-10-2-4-11(5-3-10)14(16)17/h2-6,9,14,18H,7-8H2,1H3. The van der Waals surface area contributed by atoms with Crippen LogP contribution in [0.1, 0.15) is 23.2 Å². The Morgan fingerprint density at radius 2 is 2.04 bits per heavy atom. The van der Waals surface area contributed by atoms with E-state index in [1.54, 1.807) is 23.8 Å². The van der Waals surface area contributed by atoms with Gasteiger partial charge in [0.1, 0.15) is 12.1 Å². The van der Waals surface area contributed by atoms with Gasteiger partial charge in [0.05, 0.1) is 12.3 Å². The number of nitrogens with one attached hydrogen (secondary N) is 1. The van der Waals surface area contributed by atoms with Crippen LogP contribution in [0.5, 0.6) is 0 Å². The number of alkyl halides is 2. The number of anilines is 1. The molecule has 3 rings (SSSR count). The summed E-state index contributed by atoms with van der Waals surface area (Å²) in [5.41, 5.74) is 1.62. The van der Waals surface area contributed by atoms with Crippen LogP contribution in [-0.2, 0) is 17.9 Å². The molecule has 1 aromatic carbocycles. The summed E-state index contributed by atoms with van der Waals surface area (Å²) < 4.78 is 31.8. The van der Waals surface area contributed by atoms with E-state index in [9.17, 15) is 8.78 Å². The first-order valence-electron chi connectivity index (χ1n) is 6.97. The van der Waals surface area contributed by atoms with Gasteiger partial charge in [0.15, 0.2) is 0 Å². The number of ether oxygens (including phenoxy) is 1. The van der Waals surface area contributed by atoms with Crippen LogP contribution >= 0.6 is 0 Å². The molecule has 0 fully saturated rings. The minimum absolute atomic E-state index is 0.0127. The monoisotopic (exact) mass is 319 g/mol. The van der Waals surface area contributed by atoms with E-state index in [0.717, 1.165) is 11.3 Å². The smallest absolute Gasteiger partial charge is 0.263 e. The van der Waals surface area contributed by atoms with E-state index in [2.05, 4.69) is 20.4 Å². The van der Waals surface area contributed by atoms with Crippen molar-refractivity contribution >= 4 is 11.6 Å². The Hall–Kier alpha value is -2.61. The first-order valence-corrected chi connectivity index (χ1v) is 6.97. The zero-order valence-corrected chi connectivity index (χ0v) is 12.4. The number of methoxy groups -OCH3 is 1. The fourth-order valence-electron chi connectivity index (χ4n) is 2.18. The molecule has 2 aromatic heterocycles. The van der Waals surface area contributed by atoms with Crippen molar-refractivity contribution < 1.29 is 13.5 Å². The largest absolute Gasteiger partial charge is 0.378 e. The lowest BCUT2D eigenvalue weighted by Gasteiger charge is -2.10. The van der Waals surface area contributed by atoms with Gasteiger partial charge in [0, 0.05) is 25.3 Å². The molecule has 0 unspecified atom stereocenters. The maximum Gasteiger partial charge on any atom is 0.263 e. The lowest BCUT2D eigenvalue weighted by molar-refractivity contribution is 0.151. The number of benzene rings is 1. The first kappa shape index (κ1) is 15.3. The van der Waals surface area contributed by atoms with Gasteiger partial charge in [-0.1, -0.05) is 24.3 Å². The average Bonchev–Trinajstić information content (AvgIpc) is 3.02. The third kappa shape index (κ3) is 3.42. The van der Waals surface area contributed by atoms with Crippen molar-refractivity contribution in [2.24, 2.45) is 0 Å². The van der Waals surface area contributed by atoms with Crippen molar-refractivity contribution in [3.63, 3.8) is 0 Å². The lowest BCUT2D eigenvalue weighted by atomic mass is 10.1. The Morgan fingerprint density at radius 1 is 1.26 bits per heavy atom. The summed E-state index contributed by atoms with van der Waals surface area (Å²) >= 11 is 0. The predicted octanol–water partition coefficient (Wildman–Crippen LogP) is 2.82. The Morgan fingerprint density at radius 3 is 2.74 bits per heavy atom. The normalized spacial score (nSPS) is 11.3. The molecule has 2 heterocycles. The quantitative estimate of drug-likeness (QED) is 0.757. The van der Waals surface area contributed by atoms with E-state index in [0.29, 0.717) is 24.7 Å². The third-order valence-corrected chi connectivity index (χ3v) is 3.30. The molecule has 0 aliphatic heterocycles. The number of aromatic nitrogens is 4. The molecule has 23 heavy (non-hydrogen) atoms. The minimum Gasteiger partial charge on any atom is -0.378 e. The molecule has 0 atom stereocenters. The molecule has 0 bridgehead atoms. The highest BCUT2D eigenvalue weighted by Crippen LogP contribution is 2.19.